The van der Waals surface area contributed by atoms with E-state index in [1.54, 1.807) is 0 Å². The molecule has 0 aromatic rings. The summed E-state index contributed by atoms with van der Waals surface area (Å²) in [6, 6.07) is 0. The summed E-state index contributed by atoms with van der Waals surface area (Å²) in [4.78, 5) is 11.8. The molecule has 1 aliphatic carbocycles. The van der Waals surface area contributed by atoms with E-state index in [2.05, 4.69) is 26.1 Å². The highest BCUT2D eigenvalue weighted by Crippen LogP contribution is 2.33. The molecule has 3 heteroatoms. The summed E-state index contributed by atoms with van der Waals surface area (Å²) in [7, 11) is 0. The standard InChI is InChI=1S/C13H24ClNO/c1-10(2)7-12(16)15-13(9-14)6-4-5-11(3)8-13/h10-11H,4-9H2,1-3H3,(H,15,16). The van der Waals surface area contributed by atoms with Crippen molar-refractivity contribution in [2.45, 2.75) is 58.4 Å². The summed E-state index contributed by atoms with van der Waals surface area (Å²) in [5.74, 6) is 1.78. The van der Waals surface area contributed by atoms with Crippen LogP contribution >= 0.6 is 11.6 Å². The molecule has 0 spiro atoms. The summed E-state index contributed by atoms with van der Waals surface area (Å²) >= 11 is 6.07. The van der Waals surface area contributed by atoms with Crippen molar-refractivity contribution < 1.29 is 4.79 Å². The van der Waals surface area contributed by atoms with Gasteiger partial charge in [0, 0.05) is 12.3 Å². The van der Waals surface area contributed by atoms with Crippen molar-refractivity contribution >= 4 is 17.5 Å². The van der Waals surface area contributed by atoms with E-state index in [1.165, 1.54) is 12.8 Å². The number of hydrogen-bond donors (Lipinski definition) is 1. The zero-order valence-corrected chi connectivity index (χ0v) is 11.4. The van der Waals surface area contributed by atoms with Gasteiger partial charge < -0.3 is 5.32 Å². The third-order valence-electron chi connectivity index (χ3n) is 3.35. The van der Waals surface area contributed by atoms with E-state index in [9.17, 15) is 4.79 Å². The third kappa shape index (κ3) is 3.97. The molecular weight excluding hydrogens is 222 g/mol. The first-order valence-electron chi connectivity index (χ1n) is 6.34. The summed E-state index contributed by atoms with van der Waals surface area (Å²) in [5.41, 5.74) is -0.134. The minimum Gasteiger partial charge on any atom is -0.349 e. The van der Waals surface area contributed by atoms with E-state index in [4.69, 9.17) is 11.6 Å². The molecule has 2 unspecified atom stereocenters. The zero-order chi connectivity index (χ0) is 12.2. The lowest BCUT2D eigenvalue weighted by atomic mass is 9.77. The van der Waals surface area contributed by atoms with E-state index in [0.717, 1.165) is 12.8 Å². The first kappa shape index (κ1) is 13.8. The summed E-state index contributed by atoms with van der Waals surface area (Å²) in [5, 5.41) is 3.17. The number of nitrogens with one attached hydrogen (secondary N) is 1. The van der Waals surface area contributed by atoms with Gasteiger partial charge in [-0.2, -0.15) is 0 Å². The second-order valence-electron chi connectivity index (χ2n) is 5.76. The van der Waals surface area contributed by atoms with E-state index in [1.807, 2.05) is 0 Å². The zero-order valence-electron chi connectivity index (χ0n) is 10.7. The van der Waals surface area contributed by atoms with Crippen LogP contribution in [0.3, 0.4) is 0 Å². The average molecular weight is 246 g/mol. The van der Waals surface area contributed by atoms with E-state index >= 15 is 0 Å². The van der Waals surface area contributed by atoms with Gasteiger partial charge in [-0.05, 0) is 24.7 Å². The van der Waals surface area contributed by atoms with Gasteiger partial charge in [-0.15, -0.1) is 11.6 Å². The lowest BCUT2D eigenvalue weighted by Gasteiger charge is -2.39. The second-order valence-corrected chi connectivity index (χ2v) is 6.03. The van der Waals surface area contributed by atoms with Gasteiger partial charge in [0.2, 0.25) is 5.91 Å². The molecule has 0 radical (unpaired) electrons. The molecule has 1 saturated carbocycles. The van der Waals surface area contributed by atoms with Gasteiger partial charge in [0.05, 0.1) is 5.54 Å². The van der Waals surface area contributed by atoms with Crippen molar-refractivity contribution in [2.75, 3.05) is 5.88 Å². The van der Waals surface area contributed by atoms with Gasteiger partial charge in [-0.3, -0.25) is 4.79 Å². The Hall–Kier alpha value is -0.240. The number of halogens is 1. The van der Waals surface area contributed by atoms with Gasteiger partial charge in [-0.1, -0.05) is 33.6 Å². The van der Waals surface area contributed by atoms with Crippen LogP contribution in [0.4, 0.5) is 0 Å². The van der Waals surface area contributed by atoms with Gasteiger partial charge in [0.1, 0.15) is 0 Å². The molecule has 94 valence electrons. The van der Waals surface area contributed by atoms with Crippen molar-refractivity contribution in [3.05, 3.63) is 0 Å². The van der Waals surface area contributed by atoms with Crippen LogP contribution in [-0.4, -0.2) is 17.3 Å². The molecule has 0 bridgehead atoms. The monoisotopic (exact) mass is 245 g/mol. The topological polar surface area (TPSA) is 29.1 Å². The third-order valence-corrected chi connectivity index (χ3v) is 3.86. The highest BCUT2D eigenvalue weighted by atomic mass is 35.5. The summed E-state index contributed by atoms with van der Waals surface area (Å²) < 4.78 is 0. The average Bonchev–Trinajstić information content (AvgIpc) is 2.16. The van der Waals surface area contributed by atoms with Gasteiger partial charge in [-0.25, -0.2) is 0 Å². The smallest absolute Gasteiger partial charge is 0.220 e. The van der Waals surface area contributed by atoms with Crippen LogP contribution in [0, 0.1) is 11.8 Å². The Bertz CT molecular complexity index is 242. The van der Waals surface area contributed by atoms with Gasteiger partial charge in [0.15, 0.2) is 0 Å². The van der Waals surface area contributed by atoms with E-state index in [-0.39, 0.29) is 11.4 Å². The van der Waals surface area contributed by atoms with Crippen LogP contribution in [0.5, 0.6) is 0 Å². The van der Waals surface area contributed by atoms with Crippen LogP contribution in [-0.2, 0) is 4.79 Å². The Balaban J connectivity index is 2.55. The molecule has 0 heterocycles. The van der Waals surface area contributed by atoms with Crippen LogP contribution in [0.15, 0.2) is 0 Å². The number of amides is 1. The first-order chi connectivity index (χ1) is 7.47. The molecule has 2 atom stereocenters. The molecule has 1 amide bonds. The fraction of sp³-hybridized carbons (Fsp3) is 0.923. The molecule has 0 saturated heterocycles. The molecule has 0 aromatic heterocycles. The van der Waals surface area contributed by atoms with Crippen LogP contribution < -0.4 is 5.32 Å². The number of alkyl halides is 1. The maximum Gasteiger partial charge on any atom is 0.220 e. The molecule has 0 aliphatic heterocycles. The maximum atomic E-state index is 11.8. The van der Waals surface area contributed by atoms with Gasteiger partial charge in [0.25, 0.3) is 0 Å². The maximum absolute atomic E-state index is 11.8. The van der Waals surface area contributed by atoms with Crippen molar-refractivity contribution in [1.29, 1.82) is 0 Å². The van der Waals surface area contributed by atoms with Crippen molar-refractivity contribution in [2.24, 2.45) is 11.8 Å². The second kappa shape index (κ2) is 5.90. The van der Waals surface area contributed by atoms with E-state index in [0.29, 0.717) is 24.1 Å². The number of carbonyl (C=O) groups excluding carboxylic acids is 1. The van der Waals surface area contributed by atoms with Crippen molar-refractivity contribution in [3.8, 4) is 0 Å². The minimum atomic E-state index is -0.134. The predicted octanol–water partition coefficient (Wildman–Crippen LogP) is 3.34. The Morgan fingerprint density at radius 1 is 1.56 bits per heavy atom. The Kier molecular flexibility index (Phi) is 5.10. The molecule has 1 N–H and O–H groups in total. The summed E-state index contributed by atoms with van der Waals surface area (Å²) in [6.45, 7) is 6.38. The Morgan fingerprint density at radius 3 is 2.75 bits per heavy atom. The van der Waals surface area contributed by atoms with Crippen LogP contribution in [0.1, 0.15) is 52.9 Å². The Labute approximate surface area is 104 Å². The molecule has 0 aromatic carbocycles. The Morgan fingerprint density at radius 2 is 2.25 bits per heavy atom. The van der Waals surface area contributed by atoms with Crippen molar-refractivity contribution in [1.82, 2.24) is 5.32 Å². The highest BCUT2D eigenvalue weighted by Gasteiger charge is 2.35. The largest absolute Gasteiger partial charge is 0.349 e. The SMILES string of the molecule is CC(C)CC(=O)NC1(CCl)CCCC(C)C1. The number of hydrogen-bond acceptors (Lipinski definition) is 1. The lowest BCUT2D eigenvalue weighted by molar-refractivity contribution is -0.124. The fourth-order valence-corrected chi connectivity index (χ4v) is 2.96. The molecule has 1 aliphatic rings. The molecule has 2 nitrogen and oxygen atoms in total. The van der Waals surface area contributed by atoms with Crippen molar-refractivity contribution in [3.63, 3.8) is 0 Å². The molecular formula is C13H24ClNO. The quantitative estimate of drug-likeness (QED) is 0.757. The first-order valence-corrected chi connectivity index (χ1v) is 6.88. The molecule has 16 heavy (non-hydrogen) atoms. The lowest BCUT2D eigenvalue weighted by Crippen LogP contribution is -2.52. The van der Waals surface area contributed by atoms with Crippen LogP contribution in [0.25, 0.3) is 0 Å². The van der Waals surface area contributed by atoms with Crippen LogP contribution in [0.2, 0.25) is 0 Å². The van der Waals surface area contributed by atoms with E-state index < -0.39 is 0 Å². The number of rotatable bonds is 4. The van der Waals surface area contributed by atoms with Gasteiger partial charge >= 0.3 is 0 Å². The fourth-order valence-electron chi connectivity index (χ4n) is 2.65. The normalized spacial score (nSPS) is 30.4. The number of carbonyl (C=O) groups is 1. The predicted molar refractivity (Wildman–Crippen MR) is 68.7 cm³/mol. The molecule has 1 rings (SSSR count). The molecule has 1 fully saturated rings. The summed E-state index contributed by atoms with van der Waals surface area (Å²) in [6.07, 6.45) is 5.10. The minimum absolute atomic E-state index is 0.134. The highest BCUT2D eigenvalue weighted by molar-refractivity contribution is 6.18.